The smallest absolute Gasteiger partial charge is 0.238 e. The van der Waals surface area contributed by atoms with E-state index in [-0.39, 0.29) is 22.9 Å². The monoisotopic (exact) mass is 351 g/mol. The number of rotatable bonds is 4. The molecule has 1 saturated heterocycles. The van der Waals surface area contributed by atoms with Gasteiger partial charge in [-0.25, -0.2) is 13.6 Å². The number of primary sulfonamides is 1. The number of carbonyl (C=O) groups is 1. The largest absolute Gasteiger partial charge is 0.348 e. The Kier molecular flexibility index (Phi) is 4.94. The van der Waals surface area contributed by atoms with Crippen molar-refractivity contribution >= 4 is 15.9 Å². The molecule has 0 spiro atoms. The van der Waals surface area contributed by atoms with Crippen LogP contribution in [0.5, 0.6) is 0 Å². The molecular formula is C17H25N3O3S. The van der Waals surface area contributed by atoms with Crippen molar-refractivity contribution in [3.05, 3.63) is 29.8 Å². The van der Waals surface area contributed by atoms with Crippen LogP contribution in [0.1, 0.15) is 50.6 Å². The minimum absolute atomic E-state index is 0.0208. The molecule has 2 aliphatic rings. The average molecular weight is 351 g/mol. The van der Waals surface area contributed by atoms with Crippen molar-refractivity contribution in [1.82, 2.24) is 10.6 Å². The van der Waals surface area contributed by atoms with Gasteiger partial charge in [-0.15, -0.1) is 0 Å². The molecule has 4 unspecified atom stereocenters. The number of fused-ring (bicyclic) bond motifs is 1. The minimum atomic E-state index is -3.69. The molecule has 4 N–H and O–H groups in total. The van der Waals surface area contributed by atoms with E-state index < -0.39 is 10.0 Å². The van der Waals surface area contributed by atoms with Gasteiger partial charge in [0.15, 0.2) is 0 Å². The number of hydrogen-bond acceptors (Lipinski definition) is 4. The molecule has 1 amide bonds. The number of amides is 1. The maximum Gasteiger partial charge on any atom is 0.238 e. The Balaban J connectivity index is 1.60. The van der Waals surface area contributed by atoms with Crippen molar-refractivity contribution in [2.75, 3.05) is 0 Å². The highest BCUT2D eigenvalue weighted by molar-refractivity contribution is 7.89. The summed E-state index contributed by atoms with van der Waals surface area (Å²) in [6.45, 7) is 1.89. The van der Waals surface area contributed by atoms with Gasteiger partial charge in [0, 0.05) is 6.04 Å². The predicted octanol–water partition coefficient (Wildman–Crippen LogP) is 1.43. The molecule has 3 rings (SSSR count). The third-order valence-electron chi connectivity index (χ3n) is 5.25. The van der Waals surface area contributed by atoms with Gasteiger partial charge in [0.1, 0.15) is 0 Å². The molecule has 1 saturated carbocycles. The summed E-state index contributed by atoms with van der Waals surface area (Å²) in [5.74, 6) is 0.645. The first-order chi connectivity index (χ1) is 11.3. The number of sulfonamides is 1. The van der Waals surface area contributed by atoms with Crippen LogP contribution in [0.15, 0.2) is 29.2 Å². The van der Waals surface area contributed by atoms with Crippen LogP contribution in [-0.4, -0.2) is 26.4 Å². The summed E-state index contributed by atoms with van der Waals surface area (Å²) in [4.78, 5) is 12.6. The molecule has 132 valence electrons. The Bertz CT molecular complexity index is 688. The maximum atomic E-state index is 12.5. The summed E-state index contributed by atoms with van der Waals surface area (Å²) in [5.41, 5.74) is 0.853. The topological polar surface area (TPSA) is 101 Å². The van der Waals surface area contributed by atoms with Crippen LogP contribution in [0, 0.1) is 5.92 Å². The van der Waals surface area contributed by atoms with Crippen LogP contribution in [0.4, 0.5) is 0 Å². The van der Waals surface area contributed by atoms with Gasteiger partial charge in [-0.3, -0.25) is 4.79 Å². The molecule has 1 aliphatic heterocycles. The molecule has 4 atom stereocenters. The van der Waals surface area contributed by atoms with Crippen molar-refractivity contribution in [2.24, 2.45) is 11.1 Å². The first kappa shape index (κ1) is 17.4. The van der Waals surface area contributed by atoms with E-state index >= 15 is 0 Å². The van der Waals surface area contributed by atoms with Crippen LogP contribution >= 0.6 is 0 Å². The lowest BCUT2D eigenvalue weighted by Gasteiger charge is -2.24. The zero-order valence-corrected chi connectivity index (χ0v) is 14.7. The van der Waals surface area contributed by atoms with Gasteiger partial charge in [0.25, 0.3) is 0 Å². The third-order valence-corrected chi connectivity index (χ3v) is 6.18. The van der Waals surface area contributed by atoms with Crippen molar-refractivity contribution < 1.29 is 13.2 Å². The molecule has 0 aromatic heterocycles. The maximum absolute atomic E-state index is 12.5. The molecule has 0 radical (unpaired) electrons. The van der Waals surface area contributed by atoms with Crippen molar-refractivity contribution in [3.63, 3.8) is 0 Å². The van der Waals surface area contributed by atoms with Gasteiger partial charge >= 0.3 is 0 Å². The summed E-state index contributed by atoms with van der Waals surface area (Å²) in [5, 5.41) is 11.6. The van der Waals surface area contributed by atoms with E-state index in [4.69, 9.17) is 5.14 Å². The third kappa shape index (κ3) is 3.79. The van der Waals surface area contributed by atoms with Crippen LogP contribution < -0.4 is 15.8 Å². The molecule has 24 heavy (non-hydrogen) atoms. The van der Waals surface area contributed by atoms with Crippen molar-refractivity contribution in [2.45, 2.75) is 62.0 Å². The summed E-state index contributed by atoms with van der Waals surface area (Å²) in [6.07, 6.45) is 5.80. The molecule has 6 nitrogen and oxygen atoms in total. The van der Waals surface area contributed by atoms with Gasteiger partial charge < -0.3 is 10.6 Å². The highest BCUT2D eigenvalue weighted by Crippen LogP contribution is 2.33. The van der Waals surface area contributed by atoms with Crippen LogP contribution in [0.3, 0.4) is 0 Å². The van der Waals surface area contributed by atoms with Gasteiger partial charge in [-0.2, -0.15) is 0 Å². The number of benzene rings is 1. The van der Waals surface area contributed by atoms with E-state index in [1.165, 1.54) is 37.8 Å². The summed E-state index contributed by atoms with van der Waals surface area (Å²) in [7, 11) is -3.69. The fourth-order valence-electron chi connectivity index (χ4n) is 3.86. The lowest BCUT2D eigenvalue weighted by atomic mass is 9.85. The Hall–Kier alpha value is -1.44. The zero-order valence-electron chi connectivity index (χ0n) is 13.9. The lowest BCUT2D eigenvalue weighted by molar-refractivity contribution is -0.123. The highest BCUT2D eigenvalue weighted by Gasteiger charge is 2.38. The lowest BCUT2D eigenvalue weighted by Crippen LogP contribution is -2.43. The average Bonchev–Trinajstić information content (AvgIpc) is 2.98. The molecule has 1 heterocycles. The first-order valence-electron chi connectivity index (χ1n) is 8.54. The molecule has 2 fully saturated rings. The number of carbonyl (C=O) groups excluding carboxylic acids is 1. The Labute approximate surface area is 143 Å². The molecule has 0 bridgehead atoms. The van der Waals surface area contributed by atoms with Crippen LogP contribution in [0.25, 0.3) is 0 Å². The summed E-state index contributed by atoms with van der Waals surface area (Å²) in [6, 6.07) is 6.49. The summed E-state index contributed by atoms with van der Waals surface area (Å²) < 4.78 is 22.6. The molecule has 1 aromatic carbocycles. The number of hydrogen-bond donors (Lipinski definition) is 3. The second-order valence-electron chi connectivity index (χ2n) is 6.95. The minimum Gasteiger partial charge on any atom is -0.348 e. The Morgan fingerprint density at radius 2 is 1.92 bits per heavy atom. The fourth-order valence-corrected chi connectivity index (χ4v) is 4.38. The van der Waals surface area contributed by atoms with Gasteiger partial charge in [0.2, 0.25) is 15.9 Å². The highest BCUT2D eigenvalue weighted by atomic mass is 32.2. The standard InChI is InChI=1S/C17H25N3O3S/c1-11(12-6-8-14(9-7-12)24(18,22)23)19-17(21)16-10-13-4-2-3-5-15(13)20-16/h6-9,11,13,15-16,20H,2-5,10H2,1H3,(H,19,21)(H2,18,22,23). The van der Waals surface area contributed by atoms with Crippen molar-refractivity contribution in [1.29, 1.82) is 0 Å². The first-order valence-corrected chi connectivity index (χ1v) is 10.1. The van der Waals surface area contributed by atoms with E-state index in [2.05, 4.69) is 10.6 Å². The zero-order chi connectivity index (χ0) is 17.3. The fraction of sp³-hybridized carbons (Fsp3) is 0.588. The Morgan fingerprint density at radius 3 is 2.54 bits per heavy atom. The molecule has 1 aliphatic carbocycles. The quantitative estimate of drug-likeness (QED) is 0.764. The number of nitrogens with one attached hydrogen (secondary N) is 2. The summed E-state index contributed by atoms with van der Waals surface area (Å²) >= 11 is 0. The van der Waals surface area contributed by atoms with E-state index in [0.717, 1.165) is 12.0 Å². The molecular weight excluding hydrogens is 326 g/mol. The van der Waals surface area contributed by atoms with E-state index in [0.29, 0.717) is 12.0 Å². The second kappa shape index (κ2) is 6.82. The van der Waals surface area contributed by atoms with Gasteiger partial charge in [-0.05, 0) is 49.8 Å². The number of nitrogens with two attached hydrogens (primary N) is 1. The van der Waals surface area contributed by atoms with E-state index in [9.17, 15) is 13.2 Å². The Morgan fingerprint density at radius 1 is 1.25 bits per heavy atom. The van der Waals surface area contributed by atoms with Crippen LogP contribution in [0.2, 0.25) is 0 Å². The second-order valence-corrected chi connectivity index (χ2v) is 8.51. The van der Waals surface area contributed by atoms with Crippen molar-refractivity contribution in [3.8, 4) is 0 Å². The molecule has 7 heteroatoms. The van der Waals surface area contributed by atoms with Crippen LogP contribution in [-0.2, 0) is 14.8 Å². The molecule has 1 aromatic rings. The van der Waals surface area contributed by atoms with Gasteiger partial charge in [-0.1, -0.05) is 25.0 Å². The normalized spacial score (nSPS) is 28.2. The predicted molar refractivity (Wildman–Crippen MR) is 91.7 cm³/mol. The van der Waals surface area contributed by atoms with E-state index in [1.54, 1.807) is 12.1 Å². The van der Waals surface area contributed by atoms with Gasteiger partial charge in [0.05, 0.1) is 17.0 Å². The van der Waals surface area contributed by atoms with E-state index in [1.807, 2.05) is 6.92 Å². The SMILES string of the molecule is CC(NC(=O)C1CC2CCCCC2N1)c1ccc(S(N)(=O)=O)cc1.